The molecular weight excluding hydrogens is 828 g/mol. The smallest absolute Gasteiger partial charge is 0.405 e. The third-order valence-corrected chi connectivity index (χ3v) is 9.62. The molecule has 1 saturated heterocycles. The summed E-state index contributed by atoms with van der Waals surface area (Å²) in [5.41, 5.74) is -1.01. The molecule has 0 spiro atoms. The van der Waals surface area contributed by atoms with E-state index < -0.39 is 50.4 Å². The van der Waals surface area contributed by atoms with Crippen LogP contribution in [0.2, 0.25) is 0 Å². The van der Waals surface area contributed by atoms with Crippen LogP contribution in [0.5, 0.6) is 0 Å². The summed E-state index contributed by atoms with van der Waals surface area (Å²) in [6.45, 7) is 2.50. The Balaban J connectivity index is 1.76. The molecule has 1 fully saturated rings. The van der Waals surface area contributed by atoms with Crippen LogP contribution in [0.1, 0.15) is 77.9 Å². The van der Waals surface area contributed by atoms with Gasteiger partial charge in [-0.2, -0.15) is 13.8 Å². The normalized spacial score (nSPS) is 20.0. The molecular formula is C36H52F2IN4O9P. The van der Waals surface area contributed by atoms with Crippen LogP contribution >= 0.6 is 30.3 Å². The summed E-state index contributed by atoms with van der Waals surface area (Å²) in [5, 5.41) is 15.4. The number of nitrogens with one attached hydrogen (secondary N) is 2. The highest BCUT2D eigenvalue weighted by Gasteiger charge is 2.60. The Bertz CT molecular complexity index is 1520. The zero-order valence-electron chi connectivity index (χ0n) is 30.2. The molecule has 4 atom stereocenters. The summed E-state index contributed by atoms with van der Waals surface area (Å²) in [7, 11) is -4.29. The second-order valence-electron chi connectivity index (χ2n) is 11.6. The Kier molecular flexibility index (Phi) is 22.7. The molecule has 1 amide bonds. The minimum absolute atomic E-state index is 0.0428. The highest BCUT2D eigenvalue weighted by Crippen LogP contribution is 2.47. The molecule has 296 valence electrons. The first-order valence-electron chi connectivity index (χ1n) is 17.7. The molecule has 0 aromatic carbocycles. The van der Waals surface area contributed by atoms with E-state index in [9.17, 15) is 32.8 Å². The van der Waals surface area contributed by atoms with Gasteiger partial charge in [-0.25, -0.2) is 14.4 Å². The number of unbranched alkanes of at least 4 members (excludes halogenated alkanes) is 1. The fourth-order valence-corrected chi connectivity index (χ4v) is 6.38. The van der Waals surface area contributed by atoms with E-state index in [1.807, 2.05) is 12.2 Å². The number of rotatable bonds is 26. The SMILES string of the molecule is CC/C=C\C/C=C\C/C=C\C/C=C\C/C=C\CCCC(=O)NCCOP(=O)(NCCC(=O)OCC)OC[C@H]1O[C@@H](n2ccc(I)nc2=O)C(F)(F)[C@@H]1O. The highest BCUT2D eigenvalue weighted by molar-refractivity contribution is 14.1. The number of hydrogen-bond acceptors (Lipinski definition) is 10. The van der Waals surface area contributed by atoms with E-state index in [0.29, 0.717) is 17.4 Å². The second-order valence-corrected chi connectivity index (χ2v) is 14.6. The largest absolute Gasteiger partial charge is 0.466 e. The van der Waals surface area contributed by atoms with E-state index >= 15 is 0 Å². The number of halogens is 3. The first kappa shape index (κ1) is 46.3. The van der Waals surface area contributed by atoms with Gasteiger partial charge < -0.3 is 19.9 Å². The number of ether oxygens (including phenoxy) is 2. The summed E-state index contributed by atoms with van der Waals surface area (Å²) in [6, 6.07) is 1.32. The molecule has 13 nitrogen and oxygen atoms in total. The van der Waals surface area contributed by atoms with E-state index in [4.69, 9.17) is 18.5 Å². The minimum Gasteiger partial charge on any atom is -0.466 e. The number of amides is 1. The van der Waals surface area contributed by atoms with Crippen molar-refractivity contribution < 1.29 is 46.6 Å². The van der Waals surface area contributed by atoms with Gasteiger partial charge in [-0.3, -0.25) is 23.2 Å². The molecule has 1 aliphatic heterocycles. The lowest BCUT2D eigenvalue weighted by Gasteiger charge is -2.22. The topological polar surface area (TPSA) is 167 Å². The maximum Gasteiger partial charge on any atom is 0.405 e. The summed E-state index contributed by atoms with van der Waals surface area (Å²) in [5.74, 6) is -4.76. The van der Waals surface area contributed by atoms with E-state index in [-0.39, 0.29) is 48.8 Å². The number of carbonyl (C=O) groups is 2. The summed E-state index contributed by atoms with van der Waals surface area (Å²) >= 11 is 1.75. The number of alkyl halides is 2. The van der Waals surface area contributed by atoms with Gasteiger partial charge in [0.2, 0.25) is 12.1 Å². The molecule has 1 aromatic heterocycles. The van der Waals surface area contributed by atoms with E-state index in [1.54, 1.807) is 29.5 Å². The maximum absolute atomic E-state index is 15.0. The molecule has 1 aromatic rings. The zero-order chi connectivity index (χ0) is 39.0. The van der Waals surface area contributed by atoms with Crippen molar-refractivity contribution in [3.05, 3.63) is 87.2 Å². The van der Waals surface area contributed by atoms with Gasteiger partial charge in [-0.15, -0.1) is 0 Å². The number of allylic oxidation sites excluding steroid dienone is 10. The Morgan fingerprint density at radius 3 is 2.23 bits per heavy atom. The van der Waals surface area contributed by atoms with Crippen LogP contribution in [0.25, 0.3) is 0 Å². The van der Waals surface area contributed by atoms with Gasteiger partial charge in [0.25, 0.3) is 0 Å². The highest BCUT2D eigenvalue weighted by atomic mass is 127. The number of aliphatic hydroxyl groups excluding tert-OH is 1. The maximum atomic E-state index is 15.0. The Hall–Kier alpha value is -2.86. The Morgan fingerprint density at radius 2 is 1.62 bits per heavy atom. The second kappa shape index (κ2) is 26.0. The molecule has 1 unspecified atom stereocenters. The fraction of sp³-hybridized carbons (Fsp3) is 0.556. The number of hydrogen-bond donors (Lipinski definition) is 3. The minimum atomic E-state index is -4.29. The van der Waals surface area contributed by atoms with Gasteiger partial charge >= 0.3 is 25.3 Å². The van der Waals surface area contributed by atoms with Gasteiger partial charge in [0, 0.05) is 25.7 Å². The Labute approximate surface area is 323 Å². The number of aromatic nitrogens is 2. The van der Waals surface area contributed by atoms with Crippen molar-refractivity contribution >= 4 is 42.2 Å². The quantitative estimate of drug-likeness (QED) is 0.0233. The molecule has 0 bridgehead atoms. The number of esters is 1. The van der Waals surface area contributed by atoms with Gasteiger partial charge in [0.15, 0.2) is 6.10 Å². The van der Waals surface area contributed by atoms with Gasteiger partial charge in [0.1, 0.15) is 9.80 Å². The number of aliphatic hydroxyl groups is 1. The summed E-state index contributed by atoms with van der Waals surface area (Å²) in [4.78, 5) is 39.9. The van der Waals surface area contributed by atoms with Gasteiger partial charge in [-0.1, -0.05) is 67.7 Å². The van der Waals surface area contributed by atoms with Crippen LogP contribution in [0, 0.1) is 3.70 Å². The summed E-state index contributed by atoms with van der Waals surface area (Å²) < 4.78 is 65.1. The van der Waals surface area contributed by atoms with Crippen LogP contribution < -0.4 is 16.1 Å². The van der Waals surface area contributed by atoms with Crippen LogP contribution in [0.15, 0.2) is 77.8 Å². The lowest BCUT2D eigenvalue weighted by Crippen LogP contribution is -2.42. The van der Waals surface area contributed by atoms with Crippen LogP contribution in [-0.2, 0) is 32.7 Å². The number of carbonyl (C=O) groups excluding carboxylic acids is 2. The lowest BCUT2D eigenvalue weighted by atomic mass is 10.1. The van der Waals surface area contributed by atoms with Crippen molar-refractivity contribution in [2.45, 2.75) is 96.0 Å². The van der Waals surface area contributed by atoms with Crippen molar-refractivity contribution in [2.75, 3.05) is 32.9 Å². The lowest BCUT2D eigenvalue weighted by molar-refractivity contribution is -0.142. The molecule has 0 saturated carbocycles. The fourth-order valence-electron chi connectivity index (χ4n) is 4.70. The molecule has 2 rings (SSSR count). The van der Waals surface area contributed by atoms with E-state index in [0.717, 1.165) is 38.3 Å². The van der Waals surface area contributed by atoms with Crippen molar-refractivity contribution in [3.8, 4) is 0 Å². The first-order chi connectivity index (χ1) is 25.4. The first-order valence-corrected chi connectivity index (χ1v) is 20.3. The van der Waals surface area contributed by atoms with Crippen LogP contribution in [-0.4, -0.2) is 77.6 Å². The van der Waals surface area contributed by atoms with Gasteiger partial charge in [0.05, 0.1) is 26.2 Å². The van der Waals surface area contributed by atoms with Gasteiger partial charge in [-0.05, 0) is 80.5 Å². The van der Waals surface area contributed by atoms with Crippen molar-refractivity contribution in [3.63, 3.8) is 0 Å². The third kappa shape index (κ3) is 18.4. The zero-order valence-corrected chi connectivity index (χ0v) is 33.3. The molecule has 0 radical (unpaired) electrons. The predicted octanol–water partition coefficient (Wildman–Crippen LogP) is 6.46. The van der Waals surface area contributed by atoms with E-state index in [2.05, 4.69) is 70.9 Å². The number of nitrogens with zero attached hydrogens (tertiary/aromatic N) is 2. The van der Waals surface area contributed by atoms with E-state index in [1.165, 1.54) is 6.07 Å². The Morgan fingerprint density at radius 1 is 1.00 bits per heavy atom. The summed E-state index contributed by atoms with van der Waals surface area (Å²) in [6.07, 6.45) is 21.9. The molecule has 2 heterocycles. The standard InChI is InChI=1S/C36H52F2IN4O9P/c1-3-5-6-7-8-9-10-11-12-13-14-15-16-17-18-19-20-21-31(44)40-25-27-50-53(48,41-24-22-32(45)49-4-2)51-28-29-33(46)36(37,38)34(52-29)43-26-23-30(39)42-35(43)47/h5-6,8-9,11-12,14-15,17-18,23,26,29,33-34,46H,3-4,7,10,13,16,19-22,24-25,27-28H2,1-2H3,(H,40,44)(H,41,48)/b6-5-,9-8-,12-11-,15-14-,18-17-/t29-,33-,34-,53?/m1/s1. The van der Waals surface area contributed by atoms with Crippen molar-refractivity contribution in [1.29, 1.82) is 0 Å². The van der Waals surface area contributed by atoms with Crippen LogP contribution in [0.3, 0.4) is 0 Å². The predicted molar refractivity (Wildman–Crippen MR) is 206 cm³/mol. The molecule has 1 aliphatic rings. The third-order valence-electron chi connectivity index (χ3n) is 7.39. The van der Waals surface area contributed by atoms with Crippen LogP contribution in [0.4, 0.5) is 8.78 Å². The molecule has 53 heavy (non-hydrogen) atoms. The monoisotopic (exact) mass is 880 g/mol. The van der Waals surface area contributed by atoms with Crippen molar-refractivity contribution in [1.82, 2.24) is 20.0 Å². The van der Waals surface area contributed by atoms with Crippen molar-refractivity contribution in [2.24, 2.45) is 0 Å². The molecule has 3 N–H and O–H groups in total. The average Bonchev–Trinajstić information content (AvgIpc) is 3.34. The molecule has 0 aliphatic carbocycles. The average molecular weight is 881 g/mol. The molecule has 17 heteroatoms.